The van der Waals surface area contributed by atoms with Crippen molar-refractivity contribution in [2.75, 3.05) is 19.7 Å². The Kier molecular flexibility index (Phi) is 5.70. The molecule has 1 heterocycles. The van der Waals surface area contributed by atoms with Crippen LogP contribution in [0, 0.1) is 0 Å². The summed E-state index contributed by atoms with van der Waals surface area (Å²) in [4.78, 5) is 11.9. The molecule has 1 aliphatic carbocycles. The molecular weight excluding hydrogens is 288 g/mol. The normalized spacial score (nSPS) is 17.8. The molecule has 0 unspecified atom stereocenters. The molecule has 0 saturated heterocycles. The molecule has 1 fully saturated rings. The molecule has 1 aromatic rings. The largest absolute Gasteiger partial charge is 0.489 e. The van der Waals surface area contributed by atoms with Gasteiger partial charge in [-0.05, 0) is 30.6 Å². The van der Waals surface area contributed by atoms with Crippen molar-refractivity contribution in [1.29, 1.82) is 0 Å². The Morgan fingerprint density at radius 2 is 2.00 bits per heavy atom. The Labute approximate surface area is 138 Å². The average molecular weight is 314 g/mol. The lowest BCUT2D eigenvalue weighted by molar-refractivity contribution is -0.121. The summed E-state index contributed by atoms with van der Waals surface area (Å²) in [5.74, 6) is 1.12. The van der Waals surface area contributed by atoms with Crippen LogP contribution in [0.15, 0.2) is 29.8 Å². The van der Waals surface area contributed by atoms with Gasteiger partial charge >= 0.3 is 0 Å². The van der Waals surface area contributed by atoms with Crippen molar-refractivity contribution in [2.45, 2.75) is 44.6 Å². The monoisotopic (exact) mass is 314 g/mol. The number of carbonyl (C=O) groups is 1. The number of benzene rings is 1. The molecule has 2 N–H and O–H groups in total. The zero-order valence-electron chi connectivity index (χ0n) is 13.6. The fraction of sp³-hybridized carbons (Fsp3) is 0.526. The third-order valence-electron chi connectivity index (χ3n) is 4.54. The number of carbonyl (C=O) groups excluding carboxylic acids is 1. The van der Waals surface area contributed by atoms with Crippen molar-refractivity contribution in [1.82, 2.24) is 10.6 Å². The van der Waals surface area contributed by atoms with Gasteiger partial charge in [-0.1, -0.05) is 37.5 Å². The molecule has 1 saturated carbocycles. The first-order valence-corrected chi connectivity index (χ1v) is 8.72. The van der Waals surface area contributed by atoms with Gasteiger partial charge in [-0.15, -0.1) is 0 Å². The highest BCUT2D eigenvalue weighted by atomic mass is 16.5. The summed E-state index contributed by atoms with van der Waals surface area (Å²) in [6.07, 6.45) is 8.81. The number of fused-ring (bicyclic) bond motifs is 1. The van der Waals surface area contributed by atoms with Gasteiger partial charge in [0.25, 0.3) is 0 Å². The first kappa shape index (κ1) is 16.1. The summed E-state index contributed by atoms with van der Waals surface area (Å²) in [5, 5.41) is 6.50. The van der Waals surface area contributed by atoms with E-state index in [4.69, 9.17) is 4.74 Å². The summed E-state index contributed by atoms with van der Waals surface area (Å²) >= 11 is 0. The molecule has 0 bridgehead atoms. The molecule has 1 aliphatic heterocycles. The molecular formula is C19H26N2O2. The van der Waals surface area contributed by atoms with E-state index in [0.717, 1.165) is 30.7 Å². The minimum atomic E-state index is 0.170. The number of amides is 1. The molecule has 0 aromatic heterocycles. The third-order valence-corrected chi connectivity index (χ3v) is 4.54. The maximum Gasteiger partial charge on any atom is 0.221 e. The first-order valence-electron chi connectivity index (χ1n) is 8.72. The second-order valence-electron chi connectivity index (χ2n) is 6.46. The standard InChI is InChI=1S/C19H26N2O2/c22-19(21-17-7-2-1-3-8-17)10-11-20-13-15-12-16-6-4-5-9-18(16)23-14-15/h4-6,9,12,17,20H,1-3,7-8,10-11,13-14H2,(H,21,22). The van der Waals surface area contributed by atoms with Gasteiger partial charge in [0.2, 0.25) is 5.91 Å². The Morgan fingerprint density at radius 1 is 1.17 bits per heavy atom. The number of hydrogen-bond donors (Lipinski definition) is 2. The van der Waals surface area contributed by atoms with Crippen LogP contribution < -0.4 is 15.4 Å². The van der Waals surface area contributed by atoms with Crippen molar-refractivity contribution in [3.8, 4) is 5.75 Å². The Balaban J connectivity index is 1.35. The van der Waals surface area contributed by atoms with E-state index in [1.807, 2.05) is 18.2 Å². The quantitative estimate of drug-likeness (QED) is 0.794. The highest BCUT2D eigenvalue weighted by Gasteiger charge is 2.15. The summed E-state index contributed by atoms with van der Waals surface area (Å²) < 4.78 is 5.73. The first-order chi connectivity index (χ1) is 11.3. The maximum absolute atomic E-state index is 11.9. The van der Waals surface area contributed by atoms with Gasteiger partial charge in [0.15, 0.2) is 0 Å². The molecule has 4 heteroatoms. The number of ether oxygens (including phenoxy) is 1. The van der Waals surface area contributed by atoms with Gasteiger partial charge in [-0.2, -0.15) is 0 Å². The van der Waals surface area contributed by atoms with Crippen LogP contribution in [0.4, 0.5) is 0 Å². The third kappa shape index (κ3) is 4.83. The SMILES string of the molecule is O=C(CCNCC1=Cc2ccccc2OC1)NC1CCCCC1. The van der Waals surface area contributed by atoms with E-state index in [1.54, 1.807) is 0 Å². The molecule has 0 spiro atoms. The lowest BCUT2D eigenvalue weighted by atomic mass is 9.95. The molecule has 0 radical (unpaired) electrons. The van der Waals surface area contributed by atoms with Gasteiger partial charge in [0.1, 0.15) is 12.4 Å². The topological polar surface area (TPSA) is 50.4 Å². The zero-order chi connectivity index (χ0) is 15.9. The molecule has 1 amide bonds. The van der Waals surface area contributed by atoms with Crippen LogP contribution in [0.2, 0.25) is 0 Å². The molecule has 1 aromatic carbocycles. The Hall–Kier alpha value is -1.81. The van der Waals surface area contributed by atoms with Crippen molar-refractivity contribution >= 4 is 12.0 Å². The van der Waals surface area contributed by atoms with Gasteiger partial charge in [0.05, 0.1) is 0 Å². The maximum atomic E-state index is 11.9. The van der Waals surface area contributed by atoms with Gasteiger partial charge < -0.3 is 15.4 Å². The second-order valence-corrected chi connectivity index (χ2v) is 6.46. The molecule has 124 valence electrons. The smallest absolute Gasteiger partial charge is 0.221 e. The van der Waals surface area contributed by atoms with Gasteiger partial charge in [0, 0.05) is 31.1 Å². The zero-order valence-corrected chi connectivity index (χ0v) is 13.6. The Morgan fingerprint density at radius 3 is 2.87 bits per heavy atom. The number of rotatable bonds is 6. The van der Waals surface area contributed by atoms with E-state index in [0.29, 0.717) is 25.6 Å². The Bertz CT molecular complexity index is 562. The molecule has 23 heavy (non-hydrogen) atoms. The number of nitrogens with one attached hydrogen (secondary N) is 2. The highest BCUT2D eigenvalue weighted by Crippen LogP contribution is 2.25. The van der Waals surface area contributed by atoms with Crippen molar-refractivity contribution in [2.24, 2.45) is 0 Å². The van der Waals surface area contributed by atoms with Gasteiger partial charge in [-0.25, -0.2) is 0 Å². The fourth-order valence-electron chi connectivity index (χ4n) is 3.26. The summed E-state index contributed by atoms with van der Waals surface area (Å²) in [5.41, 5.74) is 2.35. The van der Waals surface area contributed by atoms with Crippen molar-refractivity contribution in [3.63, 3.8) is 0 Å². The predicted octanol–water partition coefficient (Wildman–Crippen LogP) is 2.89. The lowest BCUT2D eigenvalue weighted by Gasteiger charge is -2.22. The number of para-hydroxylation sites is 1. The van der Waals surface area contributed by atoms with Crippen LogP contribution in [-0.2, 0) is 4.79 Å². The van der Waals surface area contributed by atoms with E-state index >= 15 is 0 Å². The van der Waals surface area contributed by atoms with Crippen LogP contribution in [0.3, 0.4) is 0 Å². The average Bonchev–Trinajstić information content (AvgIpc) is 2.59. The summed E-state index contributed by atoms with van der Waals surface area (Å²) in [7, 11) is 0. The summed E-state index contributed by atoms with van der Waals surface area (Å²) in [6, 6.07) is 8.46. The van der Waals surface area contributed by atoms with Crippen LogP contribution >= 0.6 is 0 Å². The molecule has 2 aliphatic rings. The van der Waals surface area contributed by atoms with Crippen LogP contribution in [0.25, 0.3) is 6.08 Å². The van der Waals surface area contributed by atoms with Crippen molar-refractivity contribution in [3.05, 3.63) is 35.4 Å². The van der Waals surface area contributed by atoms with E-state index in [2.05, 4.69) is 22.8 Å². The van der Waals surface area contributed by atoms with E-state index in [-0.39, 0.29) is 5.91 Å². The van der Waals surface area contributed by atoms with Crippen molar-refractivity contribution < 1.29 is 9.53 Å². The van der Waals surface area contributed by atoms with E-state index < -0.39 is 0 Å². The molecule has 3 rings (SSSR count). The van der Waals surface area contributed by atoms with E-state index in [9.17, 15) is 4.79 Å². The van der Waals surface area contributed by atoms with Gasteiger partial charge in [-0.3, -0.25) is 4.79 Å². The minimum absolute atomic E-state index is 0.170. The minimum Gasteiger partial charge on any atom is -0.489 e. The second kappa shape index (κ2) is 8.16. The van der Waals surface area contributed by atoms with Crippen LogP contribution in [-0.4, -0.2) is 31.6 Å². The lowest BCUT2D eigenvalue weighted by Crippen LogP contribution is -2.37. The molecule has 0 atom stereocenters. The fourth-order valence-corrected chi connectivity index (χ4v) is 3.26. The van der Waals surface area contributed by atoms with Crippen LogP contribution in [0.5, 0.6) is 5.75 Å². The molecule has 4 nitrogen and oxygen atoms in total. The predicted molar refractivity (Wildman–Crippen MR) is 92.4 cm³/mol. The highest BCUT2D eigenvalue weighted by molar-refractivity contribution is 5.76. The number of hydrogen-bond acceptors (Lipinski definition) is 3. The van der Waals surface area contributed by atoms with Crippen LogP contribution in [0.1, 0.15) is 44.1 Å². The summed E-state index contributed by atoms with van der Waals surface area (Å²) in [6.45, 7) is 2.10. The van der Waals surface area contributed by atoms with E-state index in [1.165, 1.54) is 24.8 Å².